The van der Waals surface area contributed by atoms with E-state index in [4.69, 9.17) is 17.3 Å². The topological polar surface area (TPSA) is 101 Å². The van der Waals surface area contributed by atoms with Crippen LogP contribution in [-0.4, -0.2) is 26.4 Å². The van der Waals surface area contributed by atoms with Crippen LogP contribution in [-0.2, 0) is 21.4 Å². The molecule has 1 unspecified atom stereocenters. The van der Waals surface area contributed by atoms with Crippen LogP contribution < -0.4 is 15.8 Å². The van der Waals surface area contributed by atoms with E-state index >= 15 is 0 Å². The van der Waals surface area contributed by atoms with Crippen LogP contribution in [0.2, 0.25) is 5.02 Å². The third-order valence-corrected chi connectivity index (χ3v) is 4.60. The summed E-state index contributed by atoms with van der Waals surface area (Å²) in [7, 11) is -3.82. The first-order chi connectivity index (χ1) is 9.67. The van der Waals surface area contributed by atoms with Gasteiger partial charge in [0.1, 0.15) is 0 Å². The Morgan fingerprint density at radius 1 is 1.33 bits per heavy atom. The second kappa shape index (κ2) is 7.22. The van der Waals surface area contributed by atoms with Gasteiger partial charge in [0.25, 0.3) is 0 Å². The predicted octanol–water partition coefficient (Wildman–Crippen LogP) is 0.990. The van der Waals surface area contributed by atoms with E-state index in [0.29, 0.717) is 5.56 Å². The maximum Gasteiger partial charge on any atom is 0.241 e. The lowest BCUT2D eigenvalue weighted by atomic mass is 10.2. The Hall–Kier alpha value is -1.15. The molecule has 0 bridgehead atoms. The van der Waals surface area contributed by atoms with Crippen molar-refractivity contribution in [3.05, 3.63) is 28.8 Å². The van der Waals surface area contributed by atoms with Crippen molar-refractivity contribution in [3.8, 4) is 0 Å². The van der Waals surface area contributed by atoms with Crippen LogP contribution in [0.1, 0.15) is 26.3 Å². The summed E-state index contributed by atoms with van der Waals surface area (Å²) < 4.78 is 26.7. The van der Waals surface area contributed by atoms with Crippen LogP contribution in [0.15, 0.2) is 23.1 Å². The number of hydrogen-bond donors (Lipinski definition) is 3. The van der Waals surface area contributed by atoms with Gasteiger partial charge in [-0.1, -0.05) is 17.7 Å². The lowest BCUT2D eigenvalue weighted by Gasteiger charge is -2.16. The highest BCUT2D eigenvalue weighted by Crippen LogP contribution is 2.20. The first kappa shape index (κ1) is 17.9. The number of sulfonamides is 1. The minimum Gasteiger partial charge on any atom is -0.353 e. The summed E-state index contributed by atoms with van der Waals surface area (Å²) in [5, 5.41) is 2.92. The molecule has 0 aliphatic carbocycles. The molecule has 1 atom stereocenters. The molecule has 0 saturated heterocycles. The fraction of sp³-hybridized carbons (Fsp3) is 0.462. The number of rotatable bonds is 6. The summed E-state index contributed by atoms with van der Waals surface area (Å²) in [6.07, 6.45) is 0. The number of nitrogens with one attached hydrogen (secondary N) is 2. The second-order valence-electron chi connectivity index (χ2n) is 4.96. The van der Waals surface area contributed by atoms with Gasteiger partial charge in [0.05, 0.1) is 10.9 Å². The van der Waals surface area contributed by atoms with Gasteiger partial charge in [-0.05, 0) is 38.5 Å². The van der Waals surface area contributed by atoms with E-state index in [2.05, 4.69) is 10.0 Å². The van der Waals surface area contributed by atoms with Gasteiger partial charge >= 0.3 is 0 Å². The molecule has 1 rings (SSSR count). The Labute approximate surface area is 130 Å². The van der Waals surface area contributed by atoms with E-state index in [1.54, 1.807) is 19.9 Å². The molecule has 0 spiro atoms. The van der Waals surface area contributed by atoms with Crippen molar-refractivity contribution < 1.29 is 13.2 Å². The van der Waals surface area contributed by atoms with Gasteiger partial charge in [-0.2, -0.15) is 4.72 Å². The number of amides is 1. The predicted molar refractivity (Wildman–Crippen MR) is 82.4 cm³/mol. The summed E-state index contributed by atoms with van der Waals surface area (Å²) in [6, 6.07) is 3.33. The van der Waals surface area contributed by atoms with Crippen LogP contribution in [0.5, 0.6) is 0 Å². The molecule has 0 saturated carbocycles. The first-order valence-corrected chi connectivity index (χ1v) is 8.34. The van der Waals surface area contributed by atoms with Crippen LogP contribution in [0.4, 0.5) is 0 Å². The van der Waals surface area contributed by atoms with Crippen molar-refractivity contribution in [3.63, 3.8) is 0 Å². The fourth-order valence-electron chi connectivity index (χ4n) is 1.62. The zero-order chi connectivity index (χ0) is 16.2. The molecule has 21 heavy (non-hydrogen) atoms. The van der Waals surface area contributed by atoms with Crippen molar-refractivity contribution in [2.24, 2.45) is 5.73 Å². The van der Waals surface area contributed by atoms with Gasteiger partial charge in [0.2, 0.25) is 15.9 Å². The fourth-order valence-corrected chi connectivity index (χ4v) is 3.18. The highest BCUT2D eigenvalue weighted by Gasteiger charge is 2.22. The van der Waals surface area contributed by atoms with Gasteiger partial charge in [-0.3, -0.25) is 4.79 Å². The molecule has 0 fully saturated rings. The SMILES string of the molecule is CC(C)NC(=O)C(C)NS(=O)(=O)c1ccc(CN)c(Cl)c1. The monoisotopic (exact) mass is 333 g/mol. The number of carbonyl (C=O) groups excluding carboxylic acids is 1. The number of nitrogens with two attached hydrogens (primary N) is 1. The normalized spacial score (nSPS) is 13.2. The van der Waals surface area contributed by atoms with Gasteiger partial charge in [-0.25, -0.2) is 8.42 Å². The minimum absolute atomic E-state index is 0.00565. The molecule has 0 radical (unpaired) electrons. The Morgan fingerprint density at radius 2 is 1.95 bits per heavy atom. The van der Waals surface area contributed by atoms with E-state index in [9.17, 15) is 13.2 Å². The largest absolute Gasteiger partial charge is 0.353 e. The molecule has 0 aliphatic heterocycles. The summed E-state index contributed by atoms with van der Waals surface area (Å²) >= 11 is 5.95. The highest BCUT2D eigenvalue weighted by molar-refractivity contribution is 7.89. The zero-order valence-corrected chi connectivity index (χ0v) is 13.8. The van der Waals surface area contributed by atoms with Gasteiger partial charge < -0.3 is 11.1 Å². The number of benzene rings is 1. The first-order valence-electron chi connectivity index (χ1n) is 6.48. The lowest BCUT2D eigenvalue weighted by Crippen LogP contribution is -2.46. The Balaban J connectivity index is 2.91. The van der Waals surface area contributed by atoms with Crippen molar-refractivity contribution in [1.29, 1.82) is 0 Å². The Kier molecular flexibility index (Phi) is 6.15. The lowest BCUT2D eigenvalue weighted by molar-refractivity contribution is -0.122. The van der Waals surface area contributed by atoms with Gasteiger partial charge in [0, 0.05) is 17.6 Å². The second-order valence-corrected chi connectivity index (χ2v) is 7.08. The molecule has 6 nitrogen and oxygen atoms in total. The summed E-state index contributed by atoms with van der Waals surface area (Å²) in [5.41, 5.74) is 6.13. The van der Waals surface area contributed by atoms with Crippen molar-refractivity contribution >= 4 is 27.5 Å². The van der Waals surface area contributed by atoms with Gasteiger partial charge in [0.15, 0.2) is 0 Å². The van der Waals surface area contributed by atoms with E-state index in [-0.39, 0.29) is 22.5 Å². The number of halogens is 1. The van der Waals surface area contributed by atoms with Crippen LogP contribution in [0, 0.1) is 0 Å². The van der Waals surface area contributed by atoms with Crippen LogP contribution >= 0.6 is 11.6 Å². The average molecular weight is 334 g/mol. The van der Waals surface area contributed by atoms with Crippen molar-refractivity contribution in [2.45, 2.75) is 44.3 Å². The number of hydrogen-bond acceptors (Lipinski definition) is 4. The van der Waals surface area contributed by atoms with Crippen molar-refractivity contribution in [1.82, 2.24) is 10.0 Å². The van der Waals surface area contributed by atoms with Crippen LogP contribution in [0.3, 0.4) is 0 Å². The smallest absolute Gasteiger partial charge is 0.241 e. The average Bonchev–Trinajstić information content (AvgIpc) is 2.37. The third-order valence-electron chi connectivity index (χ3n) is 2.71. The molecule has 1 amide bonds. The van der Waals surface area contributed by atoms with Gasteiger partial charge in [-0.15, -0.1) is 0 Å². The maximum absolute atomic E-state index is 12.2. The molecule has 1 aromatic carbocycles. The molecule has 1 aromatic rings. The van der Waals surface area contributed by atoms with E-state index < -0.39 is 22.0 Å². The molecule has 0 aliphatic rings. The molecule has 118 valence electrons. The Morgan fingerprint density at radius 3 is 2.43 bits per heavy atom. The number of carbonyl (C=O) groups is 1. The molecule has 0 aromatic heterocycles. The molecule has 8 heteroatoms. The summed E-state index contributed by atoms with van der Waals surface area (Å²) in [6.45, 7) is 5.29. The Bertz CT molecular complexity index is 617. The molecule has 4 N–H and O–H groups in total. The van der Waals surface area contributed by atoms with E-state index in [1.807, 2.05) is 0 Å². The van der Waals surface area contributed by atoms with Crippen LogP contribution in [0.25, 0.3) is 0 Å². The highest BCUT2D eigenvalue weighted by atomic mass is 35.5. The maximum atomic E-state index is 12.2. The minimum atomic E-state index is -3.82. The molecular weight excluding hydrogens is 314 g/mol. The van der Waals surface area contributed by atoms with E-state index in [1.165, 1.54) is 19.1 Å². The quantitative estimate of drug-likeness (QED) is 0.722. The molecular formula is C13H20ClN3O3S. The summed E-state index contributed by atoms with van der Waals surface area (Å²) in [4.78, 5) is 11.7. The standard InChI is InChI=1S/C13H20ClN3O3S/c1-8(2)16-13(18)9(3)17-21(19,20)11-5-4-10(7-15)12(14)6-11/h4-6,8-9,17H,7,15H2,1-3H3,(H,16,18). The van der Waals surface area contributed by atoms with Crippen molar-refractivity contribution in [2.75, 3.05) is 0 Å². The summed E-state index contributed by atoms with van der Waals surface area (Å²) in [5.74, 6) is -0.391. The molecule has 0 heterocycles. The zero-order valence-electron chi connectivity index (χ0n) is 12.2. The third kappa shape index (κ3) is 4.96. The van der Waals surface area contributed by atoms with E-state index in [0.717, 1.165) is 0 Å².